The van der Waals surface area contributed by atoms with Crippen molar-refractivity contribution in [2.75, 3.05) is 6.61 Å². The fourth-order valence-electron chi connectivity index (χ4n) is 2.29. The van der Waals surface area contributed by atoms with E-state index in [1.165, 1.54) is 0 Å². The van der Waals surface area contributed by atoms with Gasteiger partial charge in [-0.05, 0) is 31.0 Å². The van der Waals surface area contributed by atoms with Gasteiger partial charge in [-0.3, -0.25) is 4.68 Å². The number of hydrogen-bond acceptors (Lipinski definition) is 4. The summed E-state index contributed by atoms with van der Waals surface area (Å²) in [6.45, 7) is 3.94. The summed E-state index contributed by atoms with van der Waals surface area (Å²) >= 11 is 12.0. The lowest BCUT2D eigenvalue weighted by Gasteiger charge is -2.10. The summed E-state index contributed by atoms with van der Waals surface area (Å²) in [4.78, 5) is 0. The van der Waals surface area contributed by atoms with E-state index in [4.69, 9.17) is 38.5 Å². The fraction of sp³-hybridized carbons (Fsp3) is 0.375. The van der Waals surface area contributed by atoms with Gasteiger partial charge in [0.05, 0.1) is 24.6 Å². The summed E-state index contributed by atoms with van der Waals surface area (Å²) in [6, 6.07) is 5.03. The Bertz CT molecular complexity index is 693. The number of aromatic nitrogens is 2. The predicted molar refractivity (Wildman–Crippen MR) is 92.3 cm³/mol. The van der Waals surface area contributed by atoms with Crippen LogP contribution in [0.3, 0.4) is 0 Å². The predicted octanol–water partition coefficient (Wildman–Crippen LogP) is 4.12. The van der Waals surface area contributed by atoms with Gasteiger partial charge in [-0.25, -0.2) is 0 Å². The highest BCUT2D eigenvalue weighted by Crippen LogP contribution is 2.33. The van der Waals surface area contributed by atoms with Gasteiger partial charge >= 0.3 is 0 Å². The summed E-state index contributed by atoms with van der Waals surface area (Å²) in [5.41, 5.74) is 1.86. The number of aryl methyl sites for hydroxylation is 1. The van der Waals surface area contributed by atoms with E-state index < -0.39 is 0 Å². The van der Waals surface area contributed by atoms with Crippen LogP contribution in [0.15, 0.2) is 18.2 Å². The normalized spacial score (nSPS) is 10.8. The maximum absolute atomic E-state index is 9.06. The third-order valence-corrected chi connectivity index (χ3v) is 3.77. The van der Waals surface area contributed by atoms with Crippen molar-refractivity contribution in [3.8, 4) is 11.5 Å². The standard InChI is InChI=1S/C16H19Cl2N3O2/c1-3-14-16(23-13-6-10(17)5-11(18)7-13)15(4-2)21(20-14)8-12(19)9-22/h5-7,19,22H,3-4,8-9H2,1-2H3. The lowest BCUT2D eigenvalue weighted by Crippen LogP contribution is -2.16. The van der Waals surface area contributed by atoms with Crippen molar-refractivity contribution in [1.82, 2.24) is 9.78 Å². The third kappa shape index (κ3) is 4.25. The van der Waals surface area contributed by atoms with Crippen LogP contribution in [0.1, 0.15) is 25.2 Å². The molecule has 2 aromatic rings. The molecule has 0 spiro atoms. The Balaban J connectivity index is 2.41. The highest BCUT2D eigenvalue weighted by molar-refractivity contribution is 6.34. The molecule has 0 saturated heterocycles. The van der Waals surface area contributed by atoms with Gasteiger partial charge < -0.3 is 15.3 Å². The van der Waals surface area contributed by atoms with Crippen LogP contribution in [-0.4, -0.2) is 27.2 Å². The number of nitrogens with one attached hydrogen (secondary N) is 1. The second-order valence-corrected chi connectivity index (χ2v) is 5.93. The lowest BCUT2D eigenvalue weighted by molar-refractivity contribution is 0.352. The molecule has 0 radical (unpaired) electrons. The number of aliphatic hydroxyl groups is 1. The molecule has 0 unspecified atom stereocenters. The fourth-order valence-corrected chi connectivity index (χ4v) is 2.80. The van der Waals surface area contributed by atoms with Crippen molar-refractivity contribution >= 4 is 28.9 Å². The van der Waals surface area contributed by atoms with E-state index in [0.29, 0.717) is 34.4 Å². The number of benzene rings is 1. The highest BCUT2D eigenvalue weighted by Gasteiger charge is 2.19. The van der Waals surface area contributed by atoms with Gasteiger partial charge in [0.2, 0.25) is 0 Å². The number of halogens is 2. The van der Waals surface area contributed by atoms with Crippen LogP contribution in [-0.2, 0) is 19.4 Å². The van der Waals surface area contributed by atoms with Crippen molar-refractivity contribution in [3.05, 3.63) is 39.6 Å². The molecule has 1 aromatic carbocycles. The third-order valence-electron chi connectivity index (χ3n) is 3.33. The van der Waals surface area contributed by atoms with Crippen LogP contribution in [0.25, 0.3) is 0 Å². The van der Waals surface area contributed by atoms with E-state index in [-0.39, 0.29) is 18.9 Å². The van der Waals surface area contributed by atoms with Gasteiger partial charge in [-0.2, -0.15) is 5.10 Å². The van der Waals surface area contributed by atoms with E-state index in [9.17, 15) is 0 Å². The molecule has 2 rings (SSSR count). The molecule has 0 aliphatic heterocycles. The molecule has 0 bridgehead atoms. The molecule has 1 aromatic heterocycles. The number of ether oxygens (including phenoxy) is 1. The van der Waals surface area contributed by atoms with E-state index in [1.807, 2.05) is 13.8 Å². The van der Waals surface area contributed by atoms with Crippen LogP contribution < -0.4 is 4.74 Å². The minimum Gasteiger partial charge on any atom is -0.453 e. The summed E-state index contributed by atoms with van der Waals surface area (Å²) in [5.74, 6) is 1.21. The zero-order chi connectivity index (χ0) is 17.0. The lowest BCUT2D eigenvalue weighted by atomic mass is 10.2. The Morgan fingerprint density at radius 2 is 1.87 bits per heavy atom. The maximum atomic E-state index is 9.06. The van der Waals surface area contributed by atoms with Gasteiger partial charge in [0.25, 0.3) is 0 Å². The number of aliphatic hydroxyl groups excluding tert-OH is 1. The van der Waals surface area contributed by atoms with Crippen LogP contribution in [0.2, 0.25) is 10.0 Å². The summed E-state index contributed by atoms with van der Waals surface area (Å²) in [7, 11) is 0. The number of nitrogens with zero attached hydrogens (tertiary/aromatic N) is 2. The molecular formula is C16H19Cl2N3O2. The Morgan fingerprint density at radius 3 is 2.39 bits per heavy atom. The van der Waals surface area contributed by atoms with Gasteiger partial charge in [0.15, 0.2) is 5.75 Å². The Kier molecular flexibility index (Phi) is 6.04. The average Bonchev–Trinajstić information content (AvgIpc) is 2.82. The van der Waals surface area contributed by atoms with E-state index in [2.05, 4.69) is 5.10 Å². The molecule has 0 aliphatic carbocycles. The summed E-state index contributed by atoms with van der Waals surface area (Å²) in [6.07, 6.45) is 1.38. The molecule has 0 atom stereocenters. The summed E-state index contributed by atoms with van der Waals surface area (Å²) < 4.78 is 7.70. The van der Waals surface area contributed by atoms with Crippen molar-refractivity contribution in [3.63, 3.8) is 0 Å². The minimum absolute atomic E-state index is 0.196. The van der Waals surface area contributed by atoms with E-state index in [1.54, 1.807) is 22.9 Å². The molecule has 124 valence electrons. The second kappa shape index (κ2) is 7.81. The number of hydrogen-bond donors (Lipinski definition) is 2. The summed E-state index contributed by atoms with van der Waals surface area (Å²) in [5, 5.41) is 22.2. The zero-order valence-electron chi connectivity index (χ0n) is 13.1. The molecule has 1 heterocycles. The van der Waals surface area contributed by atoms with Crippen LogP contribution in [0.4, 0.5) is 0 Å². The first-order valence-electron chi connectivity index (χ1n) is 7.38. The first kappa shape index (κ1) is 17.8. The van der Waals surface area contributed by atoms with E-state index >= 15 is 0 Å². The van der Waals surface area contributed by atoms with Crippen molar-refractivity contribution in [2.45, 2.75) is 33.2 Å². The molecule has 2 N–H and O–H groups in total. The number of rotatable bonds is 7. The Hall–Kier alpha value is -1.56. The molecule has 0 amide bonds. The van der Waals surface area contributed by atoms with Gasteiger partial charge in [-0.1, -0.05) is 37.0 Å². The molecule has 0 aliphatic rings. The van der Waals surface area contributed by atoms with Crippen molar-refractivity contribution in [2.24, 2.45) is 0 Å². The molecular weight excluding hydrogens is 337 g/mol. The quantitative estimate of drug-likeness (QED) is 0.733. The molecule has 5 nitrogen and oxygen atoms in total. The largest absolute Gasteiger partial charge is 0.453 e. The average molecular weight is 356 g/mol. The monoisotopic (exact) mass is 355 g/mol. The minimum atomic E-state index is -0.287. The topological polar surface area (TPSA) is 71.1 Å². The van der Waals surface area contributed by atoms with Gasteiger partial charge in [0, 0.05) is 10.0 Å². The van der Waals surface area contributed by atoms with Crippen molar-refractivity contribution in [1.29, 1.82) is 5.41 Å². The molecule has 0 saturated carbocycles. The molecule has 23 heavy (non-hydrogen) atoms. The van der Waals surface area contributed by atoms with Crippen LogP contribution in [0, 0.1) is 5.41 Å². The molecule has 0 fully saturated rings. The SMILES string of the molecule is CCc1nn(CC(=N)CO)c(CC)c1Oc1cc(Cl)cc(Cl)c1. The first-order valence-corrected chi connectivity index (χ1v) is 8.13. The van der Waals surface area contributed by atoms with E-state index in [0.717, 1.165) is 11.4 Å². The van der Waals surface area contributed by atoms with Crippen LogP contribution >= 0.6 is 23.2 Å². The Labute approximate surface area is 145 Å². The smallest absolute Gasteiger partial charge is 0.171 e. The van der Waals surface area contributed by atoms with Crippen LogP contribution in [0.5, 0.6) is 11.5 Å². The highest BCUT2D eigenvalue weighted by atomic mass is 35.5. The van der Waals surface area contributed by atoms with Gasteiger partial charge in [0.1, 0.15) is 11.4 Å². The Morgan fingerprint density at radius 1 is 1.22 bits per heavy atom. The maximum Gasteiger partial charge on any atom is 0.171 e. The first-order chi connectivity index (χ1) is 11.0. The van der Waals surface area contributed by atoms with Gasteiger partial charge in [-0.15, -0.1) is 0 Å². The van der Waals surface area contributed by atoms with Crippen molar-refractivity contribution < 1.29 is 9.84 Å². The second-order valence-electron chi connectivity index (χ2n) is 5.06. The zero-order valence-corrected chi connectivity index (χ0v) is 14.6. The molecule has 7 heteroatoms.